The van der Waals surface area contributed by atoms with Gasteiger partial charge in [0.2, 0.25) is 5.91 Å². The maximum atomic E-state index is 13.6. The van der Waals surface area contributed by atoms with Crippen LogP contribution in [0, 0.1) is 5.82 Å². The largest absolute Gasteiger partial charge is 0.333 e. The first-order chi connectivity index (χ1) is 11.6. The van der Waals surface area contributed by atoms with Crippen LogP contribution in [0.1, 0.15) is 30.0 Å². The quantitative estimate of drug-likeness (QED) is 0.917. The first-order valence-electron chi connectivity index (χ1n) is 8.08. The second-order valence-electron chi connectivity index (χ2n) is 6.08. The summed E-state index contributed by atoms with van der Waals surface area (Å²) in [6, 6.07) is 13.7. The number of halogens is 2. The molecule has 0 aromatic heterocycles. The predicted molar refractivity (Wildman–Crippen MR) is 93.6 cm³/mol. The molecule has 1 aliphatic rings. The monoisotopic (exact) mass is 346 g/mol. The summed E-state index contributed by atoms with van der Waals surface area (Å²) in [5.41, 5.74) is 1.71. The van der Waals surface area contributed by atoms with Crippen molar-refractivity contribution in [1.29, 1.82) is 0 Å². The zero-order valence-corrected chi connectivity index (χ0v) is 14.3. The van der Waals surface area contributed by atoms with Crippen LogP contribution in [0.15, 0.2) is 48.5 Å². The molecule has 0 radical (unpaired) electrons. The minimum absolute atomic E-state index is 0.0352. The highest BCUT2D eigenvalue weighted by atomic mass is 35.5. The SMILES string of the molecule is CC(C(=O)N1CCNCC1c1cccc(F)c1)c1cccc(Cl)c1. The minimum Gasteiger partial charge on any atom is -0.333 e. The Morgan fingerprint density at radius 2 is 2.08 bits per heavy atom. The Labute approximate surface area is 146 Å². The zero-order valence-electron chi connectivity index (χ0n) is 13.5. The van der Waals surface area contributed by atoms with Crippen LogP contribution < -0.4 is 5.32 Å². The summed E-state index contributed by atoms with van der Waals surface area (Å²) >= 11 is 6.04. The Kier molecular flexibility index (Phi) is 5.17. The normalized spacial score (nSPS) is 19.1. The van der Waals surface area contributed by atoms with E-state index < -0.39 is 0 Å². The fraction of sp³-hybridized carbons (Fsp3) is 0.316. The van der Waals surface area contributed by atoms with Crippen molar-refractivity contribution in [1.82, 2.24) is 10.2 Å². The molecule has 1 fully saturated rings. The number of hydrogen-bond acceptors (Lipinski definition) is 2. The highest BCUT2D eigenvalue weighted by Crippen LogP contribution is 2.28. The van der Waals surface area contributed by atoms with Gasteiger partial charge < -0.3 is 10.2 Å². The van der Waals surface area contributed by atoms with E-state index in [0.29, 0.717) is 18.1 Å². The van der Waals surface area contributed by atoms with E-state index in [2.05, 4.69) is 5.32 Å². The molecule has 2 aromatic rings. The highest BCUT2D eigenvalue weighted by molar-refractivity contribution is 6.30. The smallest absolute Gasteiger partial charge is 0.230 e. The van der Waals surface area contributed by atoms with Crippen LogP contribution in [-0.4, -0.2) is 30.4 Å². The molecule has 126 valence electrons. The number of rotatable bonds is 3. The molecule has 1 N–H and O–H groups in total. The molecular formula is C19H20ClFN2O. The molecule has 3 nitrogen and oxygen atoms in total. The first kappa shape index (κ1) is 16.9. The van der Waals surface area contributed by atoms with Crippen LogP contribution >= 0.6 is 11.6 Å². The molecule has 5 heteroatoms. The van der Waals surface area contributed by atoms with E-state index in [-0.39, 0.29) is 23.7 Å². The van der Waals surface area contributed by atoms with Gasteiger partial charge in [0.05, 0.1) is 12.0 Å². The van der Waals surface area contributed by atoms with Gasteiger partial charge in [0, 0.05) is 24.7 Å². The van der Waals surface area contributed by atoms with Gasteiger partial charge >= 0.3 is 0 Å². The Bertz CT molecular complexity index is 737. The molecule has 24 heavy (non-hydrogen) atoms. The second kappa shape index (κ2) is 7.32. The van der Waals surface area contributed by atoms with Crippen LogP contribution in [0.25, 0.3) is 0 Å². The van der Waals surface area contributed by atoms with Gasteiger partial charge in [-0.05, 0) is 42.3 Å². The Morgan fingerprint density at radius 1 is 1.29 bits per heavy atom. The third-order valence-corrected chi connectivity index (χ3v) is 4.71. The van der Waals surface area contributed by atoms with Gasteiger partial charge in [-0.3, -0.25) is 4.79 Å². The molecular weight excluding hydrogens is 327 g/mol. The number of amides is 1. The van der Waals surface area contributed by atoms with E-state index in [9.17, 15) is 9.18 Å². The van der Waals surface area contributed by atoms with Crippen molar-refractivity contribution in [2.75, 3.05) is 19.6 Å². The van der Waals surface area contributed by atoms with Crippen LogP contribution in [-0.2, 0) is 4.79 Å². The first-order valence-corrected chi connectivity index (χ1v) is 8.46. The van der Waals surface area contributed by atoms with Crippen molar-refractivity contribution < 1.29 is 9.18 Å². The molecule has 1 saturated heterocycles. The number of nitrogens with one attached hydrogen (secondary N) is 1. The van der Waals surface area contributed by atoms with E-state index in [1.54, 1.807) is 12.1 Å². The van der Waals surface area contributed by atoms with E-state index >= 15 is 0 Å². The van der Waals surface area contributed by atoms with Crippen molar-refractivity contribution in [3.8, 4) is 0 Å². The van der Waals surface area contributed by atoms with Crippen LogP contribution in [0.5, 0.6) is 0 Å². The molecule has 0 aliphatic carbocycles. The lowest BCUT2D eigenvalue weighted by Crippen LogP contribution is -2.49. The third kappa shape index (κ3) is 3.60. The Balaban J connectivity index is 1.86. The average molecular weight is 347 g/mol. The van der Waals surface area contributed by atoms with Gasteiger partial charge in [-0.2, -0.15) is 0 Å². The molecule has 2 atom stereocenters. The molecule has 0 bridgehead atoms. The fourth-order valence-corrected chi connectivity index (χ4v) is 3.35. The maximum absolute atomic E-state index is 13.6. The lowest BCUT2D eigenvalue weighted by molar-refractivity contribution is -0.135. The van der Waals surface area contributed by atoms with Crippen molar-refractivity contribution in [2.45, 2.75) is 18.9 Å². The van der Waals surface area contributed by atoms with Gasteiger partial charge in [-0.1, -0.05) is 35.9 Å². The molecule has 1 heterocycles. The number of benzene rings is 2. The van der Waals surface area contributed by atoms with E-state index in [4.69, 9.17) is 11.6 Å². The lowest BCUT2D eigenvalue weighted by Gasteiger charge is -2.38. The fourth-order valence-electron chi connectivity index (χ4n) is 3.15. The Hall–Kier alpha value is -1.91. The lowest BCUT2D eigenvalue weighted by atomic mass is 9.96. The van der Waals surface area contributed by atoms with Crippen molar-refractivity contribution >= 4 is 17.5 Å². The summed E-state index contributed by atoms with van der Waals surface area (Å²) < 4.78 is 13.6. The topological polar surface area (TPSA) is 32.3 Å². The summed E-state index contributed by atoms with van der Waals surface area (Å²) in [6.07, 6.45) is 0. The summed E-state index contributed by atoms with van der Waals surface area (Å²) in [5.74, 6) is -0.542. The van der Waals surface area contributed by atoms with Crippen LogP contribution in [0.4, 0.5) is 4.39 Å². The number of piperazine rings is 1. The number of carbonyl (C=O) groups excluding carboxylic acids is 1. The summed E-state index contributed by atoms with van der Waals surface area (Å²) in [6.45, 7) is 3.85. The van der Waals surface area contributed by atoms with Crippen molar-refractivity contribution in [2.24, 2.45) is 0 Å². The molecule has 1 amide bonds. The van der Waals surface area contributed by atoms with Crippen LogP contribution in [0.2, 0.25) is 5.02 Å². The second-order valence-corrected chi connectivity index (χ2v) is 6.52. The maximum Gasteiger partial charge on any atom is 0.230 e. The zero-order chi connectivity index (χ0) is 17.1. The molecule has 3 rings (SSSR count). The van der Waals surface area contributed by atoms with E-state index in [1.807, 2.05) is 36.1 Å². The predicted octanol–water partition coefficient (Wildman–Crippen LogP) is 3.76. The minimum atomic E-state index is -0.294. The summed E-state index contributed by atoms with van der Waals surface area (Å²) in [7, 11) is 0. The molecule has 2 unspecified atom stereocenters. The third-order valence-electron chi connectivity index (χ3n) is 4.48. The average Bonchev–Trinajstić information content (AvgIpc) is 2.60. The van der Waals surface area contributed by atoms with Gasteiger partial charge in [0.1, 0.15) is 5.82 Å². The Morgan fingerprint density at radius 3 is 2.83 bits per heavy atom. The van der Waals surface area contributed by atoms with Gasteiger partial charge in [0.15, 0.2) is 0 Å². The standard InChI is InChI=1S/C19H20ClFN2O/c1-13(14-4-2-6-16(20)10-14)19(24)23-9-8-22-12-18(23)15-5-3-7-17(21)11-15/h2-7,10-11,13,18,22H,8-9,12H2,1H3. The molecule has 0 saturated carbocycles. The number of hydrogen-bond donors (Lipinski definition) is 1. The number of carbonyl (C=O) groups is 1. The van der Waals surface area contributed by atoms with Crippen molar-refractivity contribution in [3.63, 3.8) is 0 Å². The van der Waals surface area contributed by atoms with Gasteiger partial charge in [-0.25, -0.2) is 4.39 Å². The van der Waals surface area contributed by atoms with E-state index in [1.165, 1.54) is 12.1 Å². The summed E-state index contributed by atoms with van der Waals surface area (Å²) in [5, 5.41) is 3.91. The molecule has 1 aliphatic heterocycles. The summed E-state index contributed by atoms with van der Waals surface area (Å²) in [4.78, 5) is 14.9. The molecule has 2 aromatic carbocycles. The van der Waals surface area contributed by atoms with E-state index in [0.717, 1.165) is 17.7 Å². The van der Waals surface area contributed by atoms with Crippen molar-refractivity contribution in [3.05, 3.63) is 70.5 Å². The highest BCUT2D eigenvalue weighted by Gasteiger charge is 2.31. The van der Waals surface area contributed by atoms with Gasteiger partial charge in [0.25, 0.3) is 0 Å². The number of nitrogens with zero attached hydrogens (tertiary/aromatic N) is 1. The van der Waals surface area contributed by atoms with Gasteiger partial charge in [-0.15, -0.1) is 0 Å². The molecule has 0 spiro atoms. The van der Waals surface area contributed by atoms with Crippen LogP contribution in [0.3, 0.4) is 0 Å².